The highest BCUT2D eigenvalue weighted by molar-refractivity contribution is 5.89. The summed E-state index contributed by atoms with van der Waals surface area (Å²) in [6.45, 7) is 4.15. The van der Waals surface area contributed by atoms with Crippen molar-refractivity contribution >= 4 is 28.6 Å². The van der Waals surface area contributed by atoms with Gasteiger partial charge in [0, 0.05) is 31.6 Å². The molecule has 2 aliphatic heterocycles. The van der Waals surface area contributed by atoms with Crippen LogP contribution >= 0.6 is 0 Å². The molecule has 2 aromatic heterocycles. The number of hydrogen-bond donors (Lipinski definition) is 2. The van der Waals surface area contributed by atoms with Gasteiger partial charge in [0.1, 0.15) is 19.3 Å². The van der Waals surface area contributed by atoms with Crippen molar-refractivity contribution in [3.05, 3.63) is 46.1 Å². The van der Waals surface area contributed by atoms with Crippen molar-refractivity contribution in [2.75, 3.05) is 49.6 Å². The Morgan fingerprint density at radius 1 is 1.34 bits per heavy atom. The zero-order valence-electron chi connectivity index (χ0n) is 19.3. The van der Waals surface area contributed by atoms with Gasteiger partial charge in [0.2, 0.25) is 0 Å². The lowest BCUT2D eigenvalue weighted by atomic mass is 10.1. The molecule has 1 aromatic carbocycles. The maximum atomic E-state index is 14.5. The van der Waals surface area contributed by atoms with Crippen LogP contribution in [0.4, 0.5) is 20.8 Å². The maximum Gasteiger partial charge on any atom is 0.416 e. The van der Waals surface area contributed by atoms with Crippen LogP contribution < -0.4 is 30.6 Å². The van der Waals surface area contributed by atoms with E-state index in [1.54, 1.807) is 20.0 Å². The quantitative estimate of drug-likeness (QED) is 0.482. The Hall–Kier alpha value is -3.93. The average Bonchev–Trinajstić information content (AvgIpc) is 3.23. The van der Waals surface area contributed by atoms with Gasteiger partial charge in [-0.15, -0.1) is 0 Å². The fourth-order valence-electron chi connectivity index (χ4n) is 4.14. The molecule has 1 unspecified atom stereocenters. The summed E-state index contributed by atoms with van der Waals surface area (Å²) in [4.78, 5) is 34.5. The first-order valence-corrected chi connectivity index (χ1v) is 11.3. The number of cyclic esters (lactones) is 1. The number of aromatic nitrogens is 3. The predicted molar refractivity (Wildman–Crippen MR) is 126 cm³/mol. The second-order valence-electron chi connectivity index (χ2n) is 8.32. The highest BCUT2D eigenvalue weighted by Gasteiger charge is 2.33. The van der Waals surface area contributed by atoms with Crippen LogP contribution in [-0.2, 0) is 11.8 Å². The van der Waals surface area contributed by atoms with E-state index < -0.39 is 18.0 Å². The second-order valence-corrected chi connectivity index (χ2v) is 8.32. The molecule has 4 heterocycles. The number of benzene rings is 1. The van der Waals surface area contributed by atoms with E-state index in [2.05, 4.69) is 20.6 Å². The van der Waals surface area contributed by atoms with Crippen LogP contribution in [0.15, 0.2) is 29.2 Å². The van der Waals surface area contributed by atoms with Gasteiger partial charge in [0.05, 0.1) is 24.8 Å². The third kappa shape index (κ3) is 4.44. The number of rotatable bonds is 7. The van der Waals surface area contributed by atoms with Gasteiger partial charge in [0.25, 0.3) is 11.4 Å². The van der Waals surface area contributed by atoms with Gasteiger partial charge < -0.3 is 29.4 Å². The van der Waals surface area contributed by atoms with E-state index in [0.717, 1.165) is 10.9 Å². The lowest BCUT2D eigenvalue weighted by Crippen LogP contribution is -2.33. The zero-order valence-corrected chi connectivity index (χ0v) is 19.3. The van der Waals surface area contributed by atoms with Gasteiger partial charge in [-0.1, -0.05) is 0 Å². The van der Waals surface area contributed by atoms with Crippen LogP contribution in [0.25, 0.3) is 10.9 Å². The summed E-state index contributed by atoms with van der Waals surface area (Å²) in [5.74, 6) is 0.779. The molecule has 184 valence electrons. The fourth-order valence-corrected chi connectivity index (χ4v) is 4.14. The number of hydrogen-bond acceptors (Lipinski definition) is 9. The first kappa shape index (κ1) is 22.8. The number of nitrogens with one attached hydrogen (secondary N) is 2. The molecule has 1 atom stereocenters. The van der Waals surface area contributed by atoms with Gasteiger partial charge in [-0.25, -0.2) is 19.2 Å². The molecule has 2 N–H and O–H groups in total. The minimum Gasteiger partial charge on any atom is -0.487 e. The Labute approximate surface area is 199 Å². The minimum atomic E-state index is -0.537. The predicted octanol–water partition coefficient (Wildman–Crippen LogP) is 1.57. The fraction of sp³-hybridized carbons (Fsp3) is 0.391. The van der Waals surface area contributed by atoms with E-state index in [4.69, 9.17) is 14.2 Å². The van der Waals surface area contributed by atoms with Crippen LogP contribution in [0.2, 0.25) is 0 Å². The normalized spacial score (nSPS) is 17.1. The number of nitrogens with zero attached hydrogens (tertiary/aromatic N) is 4. The van der Waals surface area contributed by atoms with E-state index in [1.807, 2.05) is 0 Å². The van der Waals surface area contributed by atoms with Gasteiger partial charge in [0.15, 0.2) is 23.2 Å². The average molecular weight is 484 g/mol. The molecule has 1 saturated heterocycles. The van der Waals surface area contributed by atoms with E-state index in [-0.39, 0.29) is 17.9 Å². The number of carbonyl (C=O) groups excluding carboxylic acids is 1. The number of ether oxygens (including phenoxy) is 3. The number of amides is 1. The monoisotopic (exact) mass is 484 g/mol. The van der Waals surface area contributed by atoms with Gasteiger partial charge in [-0.2, -0.15) is 0 Å². The van der Waals surface area contributed by atoms with Crippen LogP contribution in [0.5, 0.6) is 11.6 Å². The summed E-state index contributed by atoms with van der Waals surface area (Å²) in [5.41, 5.74) is 0.940. The molecule has 5 rings (SSSR count). The molecule has 2 aliphatic rings. The number of fused-ring (bicyclic) bond motifs is 2. The molecular formula is C23H25FN6O5. The number of carbonyl (C=O) groups is 1. The minimum absolute atomic E-state index is 0.0367. The largest absolute Gasteiger partial charge is 0.487 e. The first-order chi connectivity index (χ1) is 16.9. The molecule has 11 nitrogen and oxygen atoms in total. The molecule has 0 saturated carbocycles. The molecule has 1 fully saturated rings. The molecular weight excluding hydrogens is 459 g/mol. The summed E-state index contributed by atoms with van der Waals surface area (Å²) in [6.07, 6.45) is 0.570. The van der Waals surface area contributed by atoms with Crippen molar-refractivity contribution in [3.8, 4) is 11.6 Å². The smallest absolute Gasteiger partial charge is 0.416 e. The standard InChI is InChI=1S/C23H25FN6O5/c1-13-9-18(31)29(2)19-15(13)3-4-16(24)20(19)33-7-5-25-10-14-12-30(23(32)35-14)17-11-27-22-21(28-17)26-6-8-34-22/h3-4,9,11,14,25H,5-8,10,12H2,1-2H3,(H,26,28). The number of anilines is 2. The van der Waals surface area contributed by atoms with Crippen molar-refractivity contribution in [1.29, 1.82) is 0 Å². The highest BCUT2D eigenvalue weighted by atomic mass is 19.1. The molecule has 35 heavy (non-hydrogen) atoms. The summed E-state index contributed by atoms with van der Waals surface area (Å²) >= 11 is 0. The summed E-state index contributed by atoms with van der Waals surface area (Å²) in [7, 11) is 1.59. The summed E-state index contributed by atoms with van der Waals surface area (Å²) in [6, 6.07) is 4.49. The lowest BCUT2D eigenvalue weighted by Gasteiger charge is -2.19. The second kappa shape index (κ2) is 9.37. The summed E-state index contributed by atoms with van der Waals surface area (Å²) in [5, 5.41) is 7.00. The van der Waals surface area contributed by atoms with Crippen molar-refractivity contribution in [3.63, 3.8) is 0 Å². The van der Waals surface area contributed by atoms with Gasteiger partial charge in [-0.05, 0) is 24.6 Å². The summed E-state index contributed by atoms with van der Waals surface area (Å²) < 4.78 is 32.5. The number of aryl methyl sites for hydroxylation is 2. The SMILES string of the molecule is Cc1cc(=O)n(C)c2c(OCCNCC3CN(c4cnc5c(n4)NCCO5)C(=O)O3)c(F)ccc12. The molecule has 0 aliphatic carbocycles. The molecule has 0 bridgehead atoms. The Morgan fingerprint density at radius 3 is 3.06 bits per heavy atom. The van der Waals surface area contributed by atoms with E-state index >= 15 is 0 Å². The van der Waals surface area contributed by atoms with Gasteiger partial charge >= 0.3 is 6.09 Å². The van der Waals surface area contributed by atoms with Crippen molar-refractivity contribution < 1.29 is 23.4 Å². The molecule has 1 amide bonds. The topological polar surface area (TPSA) is 120 Å². The molecule has 0 spiro atoms. The van der Waals surface area contributed by atoms with Crippen LogP contribution in [0, 0.1) is 12.7 Å². The first-order valence-electron chi connectivity index (χ1n) is 11.3. The van der Waals surface area contributed by atoms with E-state index in [9.17, 15) is 14.0 Å². The van der Waals surface area contributed by atoms with Crippen molar-refractivity contribution in [1.82, 2.24) is 19.9 Å². The maximum absolute atomic E-state index is 14.5. The molecule has 0 radical (unpaired) electrons. The number of halogens is 1. The third-order valence-corrected chi connectivity index (χ3v) is 5.92. The Balaban J connectivity index is 1.17. The third-order valence-electron chi connectivity index (χ3n) is 5.92. The van der Waals surface area contributed by atoms with Crippen molar-refractivity contribution in [2.24, 2.45) is 7.05 Å². The Kier molecular flexibility index (Phi) is 6.12. The number of pyridine rings is 1. The van der Waals surface area contributed by atoms with Crippen LogP contribution in [0.1, 0.15) is 5.56 Å². The van der Waals surface area contributed by atoms with E-state index in [1.165, 1.54) is 27.8 Å². The van der Waals surface area contributed by atoms with Crippen LogP contribution in [-0.4, -0.2) is 66.1 Å². The van der Waals surface area contributed by atoms with Crippen molar-refractivity contribution in [2.45, 2.75) is 13.0 Å². The van der Waals surface area contributed by atoms with Gasteiger partial charge in [-0.3, -0.25) is 9.69 Å². The molecule has 3 aromatic rings. The Bertz CT molecular complexity index is 1350. The van der Waals surface area contributed by atoms with E-state index in [0.29, 0.717) is 55.8 Å². The zero-order chi connectivity index (χ0) is 24.5. The lowest BCUT2D eigenvalue weighted by molar-refractivity contribution is 0.139. The Morgan fingerprint density at radius 2 is 2.20 bits per heavy atom. The molecule has 12 heteroatoms. The van der Waals surface area contributed by atoms with Crippen LogP contribution in [0.3, 0.4) is 0 Å². The highest BCUT2D eigenvalue weighted by Crippen LogP contribution is 2.29.